The summed E-state index contributed by atoms with van der Waals surface area (Å²) in [5, 5.41) is 9.65. The van der Waals surface area contributed by atoms with E-state index in [9.17, 15) is 33.9 Å². The van der Waals surface area contributed by atoms with E-state index in [1.165, 1.54) is 51.1 Å². The summed E-state index contributed by atoms with van der Waals surface area (Å²) < 4.78 is 5.23. The molecule has 0 fully saturated rings. The van der Waals surface area contributed by atoms with E-state index in [-0.39, 0.29) is 46.0 Å². The van der Waals surface area contributed by atoms with Crippen LogP contribution in [-0.4, -0.2) is 40.2 Å². The molecule has 0 heterocycles. The van der Waals surface area contributed by atoms with Crippen LogP contribution in [0.15, 0.2) is 60.7 Å². The SMILES string of the molecule is CC.CC(=O)c1cccc(COC(=O)c2ccc(C(=O)c3ccc(C(C)=O)c(C(C)=O)c3)cc2C(=O)O)c1. The maximum absolute atomic E-state index is 13.0. The lowest BCUT2D eigenvalue weighted by Gasteiger charge is -2.11. The minimum Gasteiger partial charge on any atom is -0.478 e. The number of hydrogen-bond acceptors (Lipinski definition) is 7. The van der Waals surface area contributed by atoms with Crippen molar-refractivity contribution in [3.05, 3.63) is 105 Å². The number of aromatic carboxylic acids is 1. The van der Waals surface area contributed by atoms with Gasteiger partial charge in [0.2, 0.25) is 0 Å². The summed E-state index contributed by atoms with van der Waals surface area (Å²) in [6.45, 7) is 7.80. The van der Waals surface area contributed by atoms with E-state index < -0.39 is 29.1 Å². The molecule has 8 heteroatoms. The largest absolute Gasteiger partial charge is 0.478 e. The molecule has 0 spiro atoms. The highest BCUT2D eigenvalue weighted by molar-refractivity contribution is 6.14. The van der Waals surface area contributed by atoms with Crippen LogP contribution in [0.5, 0.6) is 0 Å². The molecule has 0 radical (unpaired) electrons. The van der Waals surface area contributed by atoms with Crippen molar-refractivity contribution in [1.29, 1.82) is 0 Å². The van der Waals surface area contributed by atoms with Gasteiger partial charge in [-0.2, -0.15) is 0 Å². The monoisotopic (exact) mass is 516 g/mol. The van der Waals surface area contributed by atoms with E-state index in [2.05, 4.69) is 0 Å². The van der Waals surface area contributed by atoms with Crippen molar-refractivity contribution in [2.45, 2.75) is 41.2 Å². The van der Waals surface area contributed by atoms with Crippen LogP contribution in [0.2, 0.25) is 0 Å². The lowest BCUT2D eigenvalue weighted by atomic mass is 9.93. The Morgan fingerprint density at radius 2 is 1.18 bits per heavy atom. The number of carbonyl (C=O) groups excluding carboxylic acids is 5. The van der Waals surface area contributed by atoms with Crippen LogP contribution in [0.25, 0.3) is 0 Å². The van der Waals surface area contributed by atoms with Crippen molar-refractivity contribution in [1.82, 2.24) is 0 Å². The molecule has 0 saturated carbocycles. The Kier molecular flexibility index (Phi) is 10.1. The lowest BCUT2D eigenvalue weighted by molar-refractivity contribution is 0.0463. The van der Waals surface area contributed by atoms with E-state index in [4.69, 9.17) is 4.74 Å². The predicted molar refractivity (Wildman–Crippen MR) is 140 cm³/mol. The van der Waals surface area contributed by atoms with Crippen LogP contribution in [0.4, 0.5) is 0 Å². The fraction of sp³-hybridized carbons (Fsp3) is 0.200. The molecule has 3 aromatic carbocycles. The van der Waals surface area contributed by atoms with Crippen molar-refractivity contribution in [2.24, 2.45) is 0 Å². The third-order valence-corrected chi connectivity index (χ3v) is 5.48. The number of carbonyl (C=O) groups is 6. The van der Waals surface area contributed by atoms with Gasteiger partial charge in [-0.25, -0.2) is 9.59 Å². The molecule has 3 aromatic rings. The molecular formula is C30H28O8. The number of esters is 1. The van der Waals surface area contributed by atoms with E-state index in [1.807, 2.05) is 13.8 Å². The Balaban J connectivity index is 0.00000247. The molecule has 0 unspecified atom stereocenters. The number of carboxylic acids is 1. The summed E-state index contributed by atoms with van der Waals surface area (Å²) in [6, 6.07) is 14.1. The Labute approximate surface area is 220 Å². The zero-order chi connectivity index (χ0) is 28.6. The number of carboxylic acid groups (broad SMARTS) is 1. The topological polar surface area (TPSA) is 132 Å². The third-order valence-electron chi connectivity index (χ3n) is 5.48. The Bertz CT molecular complexity index is 1430. The van der Waals surface area contributed by atoms with Crippen molar-refractivity contribution >= 4 is 35.1 Å². The fourth-order valence-corrected chi connectivity index (χ4v) is 3.60. The summed E-state index contributed by atoms with van der Waals surface area (Å²) in [7, 11) is 0. The molecule has 0 amide bonds. The normalized spacial score (nSPS) is 10.0. The first kappa shape index (κ1) is 29.5. The zero-order valence-corrected chi connectivity index (χ0v) is 21.8. The maximum Gasteiger partial charge on any atom is 0.339 e. The van der Waals surface area contributed by atoms with Crippen molar-refractivity contribution in [3.8, 4) is 0 Å². The predicted octanol–water partition coefficient (Wildman–Crippen LogP) is 5.61. The molecule has 196 valence electrons. The van der Waals surface area contributed by atoms with E-state index in [1.54, 1.807) is 24.3 Å². The van der Waals surface area contributed by atoms with Gasteiger partial charge >= 0.3 is 11.9 Å². The van der Waals surface area contributed by atoms with Gasteiger partial charge in [0.05, 0.1) is 11.1 Å². The summed E-state index contributed by atoms with van der Waals surface area (Å²) >= 11 is 0. The van der Waals surface area contributed by atoms with Gasteiger partial charge in [0.25, 0.3) is 0 Å². The third kappa shape index (κ3) is 6.94. The van der Waals surface area contributed by atoms with Crippen molar-refractivity contribution in [2.75, 3.05) is 0 Å². The number of rotatable bonds is 9. The van der Waals surface area contributed by atoms with E-state index in [0.29, 0.717) is 11.1 Å². The first-order valence-corrected chi connectivity index (χ1v) is 11.8. The number of hydrogen-bond donors (Lipinski definition) is 1. The van der Waals surface area contributed by atoms with Gasteiger partial charge in [-0.15, -0.1) is 0 Å². The first-order chi connectivity index (χ1) is 18.0. The zero-order valence-electron chi connectivity index (χ0n) is 21.8. The average molecular weight is 517 g/mol. The van der Waals surface area contributed by atoms with Gasteiger partial charge in [0, 0.05) is 27.8 Å². The summed E-state index contributed by atoms with van der Waals surface area (Å²) in [5.74, 6) is -3.81. The first-order valence-electron chi connectivity index (χ1n) is 11.8. The maximum atomic E-state index is 13.0. The van der Waals surface area contributed by atoms with Gasteiger partial charge in [-0.3, -0.25) is 19.2 Å². The summed E-state index contributed by atoms with van der Waals surface area (Å²) in [6.07, 6.45) is 0. The Hall–Kier alpha value is -4.72. The van der Waals surface area contributed by atoms with Crippen LogP contribution >= 0.6 is 0 Å². The smallest absolute Gasteiger partial charge is 0.339 e. The molecular weight excluding hydrogens is 488 g/mol. The Morgan fingerprint density at radius 1 is 0.632 bits per heavy atom. The van der Waals surface area contributed by atoms with Gasteiger partial charge in [-0.05, 0) is 56.7 Å². The van der Waals surface area contributed by atoms with Gasteiger partial charge < -0.3 is 9.84 Å². The van der Waals surface area contributed by atoms with Crippen LogP contribution in [0, 0.1) is 0 Å². The number of Topliss-reactive ketones (excluding diaryl/α,β-unsaturated/α-hetero) is 3. The van der Waals surface area contributed by atoms with Crippen molar-refractivity contribution in [3.63, 3.8) is 0 Å². The van der Waals surface area contributed by atoms with E-state index in [0.717, 1.165) is 6.07 Å². The molecule has 38 heavy (non-hydrogen) atoms. The second-order valence-corrected chi connectivity index (χ2v) is 8.10. The highest BCUT2D eigenvalue weighted by Crippen LogP contribution is 2.21. The van der Waals surface area contributed by atoms with Gasteiger partial charge in [0.15, 0.2) is 23.1 Å². The molecule has 0 bridgehead atoms. The molecule has 0 aliphatic carbocycles. The minimum absolute atomic E-state index is 0.0248. The van der Waals surface area contributed by atoms with E-state index >= 15 is 0 Å². The van der Waals surface area contributed by atoms with Crippen LogP contribution < -0.4 is 0 Å². The minimum atomic E-state index is -1.44. The van der Waals surface area contributed by atoms with Gasteiger partial charge in [-0.1, -0.05) is 44.2 Å². The second kappa shape index (κ2) is 13.0. The molecule has 0 saturated heterocycles. The number of ether oxygens (including phenoxy) is 1. The van der Waals surface area contributed by atoms with Gasteiger partial charge in [0.1, 0.15) is 6.61 Å². The lowest BCUT2D eigenvalue weighted by Crippen LogP contribution is -2.14. The molecule has 0 aromatic heterocycles. The molecule has 8 nitrogen and oxygen atoms in total. The number of ketones is 4. The standard InChI is InChI=1S/C28H22O8.C2H6/c1-15(29)19-6-4-5-18(11-19)14-36-28(35)23-10-8-21(13-25(23)27(33)34)26(32)20-7-9-22(16(2)30)24(12-20)17(3)31;1-2/h4-13H,14H2,1-3H3,(H,33,34);1-2H3. The average Bonchev–Trinajstić information content (AvgIpc) is 2.91. The Morgan fingerprint density at radius 3 is 1.71 bits per heavy atom. The molecule has 3 rings (SSSR count). The van der Waals surface area contributed by atoms with Crippen LogP contribution in [0.3, 0.4) is 0 Å². The molecule has 0 aliphatic heterocycles. The van der Waals surface area contributed by atoms with Crippen LogP contribution in [0.1, 0.15) is 108 Å². The van der Waals surface area contributed by atoms with Crippen molar-refractivity contribution < 1.29 is 38.6 Å². The highest BCUT2D eigenvalue weighted by Gasteiger charge is 2.22. The quantitative estimate of drug-likeness (QED) is 0.287. The molecule has 0 atom stereocenters. The highest BCUT2D eigenvalue weighted by atomic mass is 16.5. The number of benzene rings is 3. The molecule has 0 aliphatic rings. The summed E-state index contributed by atoms with van der Waals surface area (Å²) in [5.41, 5.74) is 0.633. The second-order valence-electron chi connectivity index (χ2n) is 8.10. The van der Waals surface area contributed by atoms with Crippen LogP contribution in [-0.2, 0) is 11.3 Å². The summed E-state index contributed by atoms with van der Waals surface area (Å²) in [4.78, 5) is 72.8. The molecule has 1 N–H and O–H groups in total. The fourth-order valence-electron chi connectivity index (χ4n) is 3.60.